The second kappa shape index (κ2) is 5.43. The number of nitrogens with zero attached hydrogens (tertiary/aromatic N) is 3. The van der Waals surface area contributed by atoms with Crippen LogP contribution < -0.4 is 5.32 Å². The van der Waals surface area contributed by atoms with E-state index in [2.05, 4.69) is 15.3 Å². The van der Waals surface area contributed by atoms with E-state index >= 15 is 0 Å². The number of nitro benzene ring substituents is 1. The van der Waals surface area contributed by atoms with E-state index in [4.69, 9.17) is 0 Å². The van der Waals surface area contributed by atoms with Crippen LogP contribution in [0.1, 0.15) is 12.5 Å². The highest BCUT2D eigenvalue weighted by Gasteiger charge is 2.13. The highest BCUT2D eigenvalue weighted by atomic mass is 16.6. The van der Waals surface area contributed by atoms with Gasteiger partial charge in [-0.1, -0.05) is 19.1 Å². The summed E-state index contributed by atoms with van der Waals surface area (Å²) in [6, 6.07) is 6.47. The maximum Gasteiger partial charge on any atom is 0.270 e. The lowest BCUT2D eigenvalue weighted by Gasteiger charge is -2.10. The Bertz CT molecular complexity index is 613. The molecule has 0 fully saturated rings. The fourth-order valence-corrected chi connectivity index (χ4v) is 1.98. The highest BCUT2D eigenvalue weighted by molar-refractivity contribution is 5.69. The minimum atomic E-state index is -0.407. The summed E-state index contributed by atoms with van der Waals surface area (Å²) in [7, 11) is 1.79. The lowest BCUT2D eigenvalue weighted by molar-refractivity contribution is -0.384. The lowest BCUT2D eigenvalue weighted by atomic mass is 10.0. The minimum Gasteiger partial charge on any atom is -0.373 e. The first kappa shape index (κ1) is 12.9. The van der Waals surface area contributed by atoms with Gasteiger partial charge < -0.3 is 5.32 Å². The monoisotopic (exact) mass is 258 g/mol. The smallest absolute Gasteiger partial charge is 0.270 e. The third-order valence-corrected chi connectivity index (χ3v) is 2.87. The zero-order valence-corrected chi connectivity index (χ0v) is 10.8. The van der Waals surface area contributed by atoms with Gasteiger partial charge in [-0.2, -0.15) is 0 Å². The van der Waals surface area contributed by atoms with Crippen LogP contribution in [0.15, 0.2) is 30.6 Å². The topological polar surface area (TPSA) is 81.0 Å². The van der Waals surface area contributed by atoms with Crippen LogP contribution in [0.25, 0.3) is 11.3 Å². The Hall–Kier alpha value is -2.50. The van der Waals surface area contributed by atoms with Crippen molar-refractivity contribution in [2.45, 2.75) is 13.3 Å². The molecular formula is C13H14N4O2. The van der Waals surface area contributed by atoms with Crippen LogP contribution in [0.5, 0.6) is 0 Å². The molecule has 1 aromatic carbocycles. The first-order valence-corrected chi connectivity index (χ1v) is 5.93. The van der Waals surface area contributed by atoms with Crippen LogP contribution in [0.4, 0.5) is 11.5 Å². The van der Waals surface area contributed by atoms with Gasteiger partial charge >= 0.3 is 0 Å². The molecule has 1 N–H and O–H groups in total. The predicted molar refractivity (Wildman–Crippen MR) is 73.0 cm³/mol. The molecule has 1 heterocycles. The Morgan fingerprint density at radius 2 is 2.16 bits per heavy atom. The summed E-state index contributed by atoms with van der Waals surface area (Å²) in [5, 5.41) is 13.8. The number of aromatic nitrogens is 2. The molecule has 2 rings (SSSR count). The number of nitrogens with one attached hydrogen (secondary N) is 1. The summed E-state index contributed by atoms with van der Waals surface area (Å²) in [5.41, 5.74) is 2.46. The molecule has 2 aromatic rings. The number of anilines is 1. The molecule has 1 aromatic heterocycles. The highest BCUT2D eigenvalue weighted by Crippen LogP contribution is 2.28. The predicted octanol–water partition coefficient (Wildman–Crippen LogP) is 2.66. The lowest BCUT2D eigenvalue weighted by Crippen LogP contribution is -2.02. The Labute approximate surface area is 110 Å². The number of rotatable bonds is 4. The molecular weight excluding hydrogens is 244 g/mol. The number of non-ortho nitro benzene ring substituents is 1. The van der Waals surface area contributed by atoms with Gasteiger partial charge in [0.2, 0.25) is 0 Å². The van der Waals surface area contributed by atoms with Crippen molar-refractivity contribution in [2.75, 3.05) is 12.4 Å². The third kappa shape index (κ3) is 2.52. The average Bonchev–Trinajstić information content (AvgIpc) is 2.46. The van der Waals surface area contributed by atoms with Crippen LogP contribution in [-0.2, 0) is 6.42 Å². The third-order valence-electron chi connectivity index (χ3n) is 2.87. The molecule has 0 aliphatic rings. The Morgan fingerprint density at radius 3 is 2.79 bits per heavy atom. The SMILES string of the molecule is CCc1c(NC)ncnc1-c1cccc([N+](=O)[O-])c1. The van der Waals surface area contributed by atoms with Gasteiger partial charge in [0.1, 0.15) is 12.1 Å². The van der Waals surface area contributed by atoms with Crippen molar-refractivity contribution in [3.05, 3.63) is 46.3 Å². The molecule has 98 valence electrons. The van der Waals surface area contributed by atoms with E-state index in [1.165, 1.54) is 18.5 Å². The number of hydrogen-bond donors (Lipinski definition) is 1. The van der Waals surface area contributed by atoms with Crippen LogP contribution in [0, 0.1) is 10.1 Å². The Balaban J connectivity index is 2.58. The Kier molecular flexibility index (Phi) is 3.70. The van der Waals surface area contributed by atoms with Gasteiger partial charge in [-0.25, -0.2) is 9.97 Å². The molecule has 0 saturated heterocycles. The zero-order chi connectivity index (χ0) is 13.8. The van der Waals surface area contributed by atoms with E-state index in [9.17, 15) is 10.1 Å². The van der Waals surface area contributed by atoms with Gasteiger partial charge in [0, 0.05) is 30.3 Å². The molecule has 0 atom stereocenters. The molecule has 0 aliphatic carbocycles. The Morgan fingerprint density at radius 1 is 1.37 bits per heavy atom. The van der Waals surface area contributed by atoms with Gasteiger partial charge in [-0.3, -0.25) is 10.1 Å². The standard InChI is InChI=1S/C13H14N4O2/c1-3-11-12(15-8-16-13(11)14-2)9-5-4-6-10(7-9)17(18)19/h4-8H,3H2,1-2H3,(H,14,15,16). The van der Waals surface area contributed by atoms with Crippen molar-refractivity contribution in [1.82, 2.24) is 9.97 Å². The van der Waals surface area contributed by atoms with Gasteiger partial charge in [-0.05, 0) is 6.42 Å². The van der Waals surface area contributed by atoms with Crippen molar-refractivity contribution in [1.29, 1.82) is 0 Å². The second-order valence-electron chi connectivity index (χ2n) is 3.96. The van der Waals surface area contributed by atoms with Crippen molar-refractivity contribution in [3.63, 3.8) is 0 Å². The molecule has 6 heteroatoms. The van der Waals surface area contributed by atoms with E-state index in [0.29, 0.717) is 0 Å². The second-order valence-corrected chi connectivity index (χ2v) is 3.96. The van der Waals surface area contributed by atoms with Crippen molar-refractivity contribution >= 4 is 11.5 Å². The maximum atomic E-state index is 10.8. The number of nitro groups is 1. The number of hydrogen-bond acceptors (Lipinski definition) is 5. The van der Waals surface area contributed by atoms with E-state index < -0.39 is 4.92 Å². The van der Waals surface area contributed by atoms with Crippen molar-refractivity contribution in [3.8, 4) is 11.3 Å². The summed E-state index contributed by atoms with van der Waals surface area (Å²) in [5.74, 6) is 0.749. The van der Waals surface area contributed by atoms with E-state index in [-0.39, 0.29) is 5.69 Å². The number of benzene rings is 1. The average molecular weight is 258 g/mol. The fraction of sp³-hybridized carbons (Fsp3) is 0.231. The molecule has 0 unspecified atom stereocenters. The van der Waals surface area contributed by atoms with Gasteiger partial charge in [0.05, 0.1) is 10.6 Å². The van der Waals surface area contributed by atoms with Gasteiger partial charge in [0.25, 0.3) is 5.69 Å². The molecule has 0 amide bonds. The van der Waals surface area contributed by atoms with Crippen LogP contribution in [0.2, 0.25) is 0 Å². The molecule has 0 saturated carbocycles. The summed E-state index contributed by atoms with van der Waals surface area (Å²) >= 11 is 0. The zero-order valence-electron chi connectivity index (χ0n) is 10.8. The van der Waals surface area contributed by atoms with Crippen molar-refractivity contribution in [2.24, 2.45) is 0 Å². The molecule has 0 aliphatic heterocycles. The quantitative estimate of drug-likeness (QED) is 0.673. The van der Waals surface area contributed by atoms with Gasteiger partial charge in [-0.15, -0.1) is 0 Å². The first-order valence-electron chi connectivity index (χ1n) is 5.93. The van der Waals surface area contributed by atoms with E-state index in [1.54, 1.807) is 13.1 Å². The van der Waals surface area contributed by atoms with E-state index in [0.717, 1.165) is 29.1 Å². The van der Waals surface area contributed by atoms with Crippen LogP contribution in [-0.4, -0.2) is 21.9 Å². The van der Waals surface area contributed by atoms with Crippen LogP contribution >= 0.6 is 0 Å². The van der Waals surface area contributed by atoms with E-state index in [1.807, 2.05) is 13.0 Å². The maximum absolute atomic E-state index is 10.8. The summed E-state index contributed by atoms with van der Waals surface area (Å²) in [4.78, 5) is 18.8. The minimum absolute atomic E-state index is 0.0594. The van der Waals surface area contributed by atoms with Crippen LogP contribution in [0.3, 0.4) is 0 Å². The largest absolute Gasteiger partial charge is 0.373 e. The molecule has 19 heavy (non-hydrogen) atoms. The molecule has 0 spiro atoms. The van der Waals surface area contributed by atoms with Crippen molar-refractivity contribution < 1.29 is 4.92 Å². The molecule has 0 radical (unpaired) electrons. The summed E-state index contributed by atoms with van der Waals surface area (Å²) in [6.45, 7) is 2.00. The fourth-order valence-electron chi connectivity index (χ4n) is 1.98. The summed E-state index contributed by atoms with van der Waals surface area (Å²) in [6.07, 6.45) is 2.20. The molecule has 6 nitrogen and oxygen atoms in total. The first-order chi connectivity index (χ1) is 9.17. The normalized spacial score (nSPS) is 10.2. The molecule has 0 bridgehead atoms. The van der Waals surface area contributed by atoms with Gasteiger partial charge in [0.15, 0.2) is 0 Å². The summed E-state index contributed by atoms with van der Waals surface area (Å²) < 4.78 is 0.